The van der Waals surface area contributed by atoms with Crippen LogP contribution in [0.3, 0.4) is 0 Å². The molecule has 3 N–H and O–H groups in total. The van der Waals surface area contributed by atoms with E-state index in [1.165, 1.54) is 0 Å². The number of hydrazine groups is 1. The fraction of sp³-hybridized carbons (Fsp3) is 0.600. The molecule has 1 aliphatic heterocycles. The maximum absolute atomic E-state index is 6.28. The highest BCUT2D eigenvalue weighted by Crippen LogP contribution is 2.29. The highest BCUT2D eigenvalue weighted by atomic mass is 35.5. The fourth-order valence-corrected chi connectivity index (χ4v) is 3.36. The van der Waals surface area contributed by atoms with Crippen molar-refractivity contribution in [3.05, 3.63) is 33.8 Å². The minimum atomic E-state index is -0.124. The zero-order valence-corrected chi connectivity index (χ0v) is 14.0. The lowest BCUT2D eigenvalue weighted by Crippen LogP contribution is -2.62. The van der Waals surface area contributed by atoms with Gasteiger partial charge in [-0.2, -0.15) is 0 Å². The van der Waals surface area contributed by atoms with Crippen LogP contribution in [0, 0.1) is 0 Å². The first-order valence-corrected chi connectivity index (χ1v) is 7.94. The van der Waals surface area contributed by atoms with Gasteiger partial charge in [0, 0.05) is 34.7 Å². The van der Waals surface area contributed by atoms with Crippen molar-refractivity contribution in [3.8, 4) is 0 Å². The number of halogens is 2. The summed E-state index contributed by atoms with van der Waals surface area (Å²) in [5, 5.41) is 1.36. The molecule has 0 spiro atoms. The molecule has 0 aromatic heterocycles. The van der Waals surface area contributed by atoms with E-state index in [9.17, 15) is 0 Å². The first kappa shape index (κ1) is 17.0. The summed E-state index contributed by atoms with van der Waals surface area (Å²) in [6.45, 7) is 7.70. The highest BCUT2D eigenvalue weighted by Gasteiger charge is 2.36. The summed E-state index contributed by atoms with van der Waals surface area (Å²) >= 11 is 12.6. The molecular formula is C15H23Cl2N3O. The second-order valence-electron chi connectivity index (χ2n) is 5.88. The first-order chi connectivity index (χ1) is 9.96. The van der Waals surface area contributed by atoms with Crippen molar-refractivity contribution in [2.24, 2.45) is 5.84 Å². The standard InChI is InChI=1S/C15H23Cl2N3O/c1-15(2,20-6-8-21-9-7-20)14(19-18)10-11-12(16)4-3-5-13(11)17/h3-5,14,19H,6-10,18H2,1-2H3. The van der Waals surface area contributed by atoms with E-state index in [4.69, 9.17) is 33.8 Å². The van der Waals surface area contributed by atoms with Crippen LogP contribution in [0.15, 0.2) is 18.2 Å². The van der Waals surface area contributed by atoms with Gasteiger partial charge in [-0.15, -0.1) is 0 Å². The van der Waals surface area contributed by atoms with Crippen molar-refractivity contribution in [2.45, 2.75) is 31.8 Å². The molecule has 0 aliphatic carbocycles. The Kier molecular flexibility index (Phi) is 5.88. The summed E-state index contributed by atoms with van der Waals surface area (Å²) in [4.78, 5) is 2.39. The SMILES string of the molecule is CC(C)(C(Cc1c(Cl)cccc1Cl)NN)N1CCOCC1. The number of morpholine rings is 1. The van der Waals surface area contributed by atoms with E-state index in [2.05, 4.69) is 24.2 Å². The van der Waals surface area contributed by atoms with Gasteiger partial charge in [-0.3, -0.25) is 16.2 Å². The topological polar surface area (TPSA) is 50.5 Å². The molecule has 2 rings (SSSR count). The molecule has 0 saturated carbocycles. The zero-order chi connectivity index (χ0) is 15.5. The summed E-state index contributed by atoms with van der Waals surface area (Å²) < 4.78 is 5.43. The van der Waals surface area contributed by atoms with Crippen LogP contribution in [-0.4, -0.2) is 42.8 Å². The number of hydrogen-bond donors (Lipinski definition) is 2. The van der Waals surface area contributed by atoms with E-state index in [1.54, 1.807) is 0 Å². The molecule has 1 saturated heterocycles. The number of rotatable bonds is 5. The Morgan fingerprint density at radius 3 is 2.38 bits per heavy atom. The van der Waals surface area contributed by atoms with E-state index in [-0.39, 0.29) is 11.6 Å². The first-order valence-electron chi connectivity index (χ1n) is 7.18. The number of ether oxygens (including phenoxy) is 1. The van der Waals surface area contributed by atoms with Gasteiger partial charge in [0.15, 0.2) is 0 Å². The van der Waals surface area contributed by atoms with Crippen molar-refractivity contribution in [1.82, 2.24) is 10.3 Å². The number of benzene rings is 1. The largest absolute Gasteiger partial charge is 0.379 e. The van der Waals surface area contributed by atoms with Gasteiger partial charge >= 0.3 is 0 Å². The Hall–Kier alpha value is -0.360. The summed E-state index contributed by atoms with van der Waals surface area (Å²) in [5.41, 5.74) is 3.75. The lowest BCUT2D eigenvalue weighted by atomic mass is 9.87. The van der Waals surface area contributed by atoms with Crippen LogP contribution >= 0.6 is 23.2 Å². The Morgan fingerprint density at radius 2 is 1.86 bits per heavy atom. The molecule has 0 radical (unpaired) electrons. The third-order valence-electron chi connectivity index (χ3n) is 4.35. The Morgan fingerprint density at radius 1 is 1.29 bits per heavy atom. The van der Waals surface area contributed by atoms with Crippen LogP contribution in [-0.2, 0) is 11.2 Å². The van der Waals surface area contributed by atoms with E-state index < -0.39 is 0 Å². The van der Waals surface area contributed by atoms with Crippen molar-refractivity contribution in [3.63, 3.8) is 0 Å². The van der Waals surface area contributed by atoms with Crippen LogP contribution in [0.5, 0.6) is 0 Å². The van der Waals surface area contributed by atoms with E-state index in [0.29, 0.717) is 16.5 Å². The fourth-order valence-electron chi connectivity index (χ4n) is 2.80. The van der Waals surface area contributed by atoms with Gasteiger partial charge in [0.1, 0.15) is 0 Å². The summed E-state index contributed by atoms with van der Waals surface area (Å²) in [5.74, 6) is 5.82. The number of nitrogens with one attached hydrogen (secondary N) is 1. The summed E-state index contributed by atoms with van der Waals surface area (Å²) in [7, 11) is 0. The Balaban J connectivity index is 2.18. The minimum absolute atomic E-state index is 0.0352. The molecule has 0 amide bonds. The molecule has 21 heavy (non-hydrogen) atoms. The quantitative estimate of drug-likeness (QED) is 0.642. The maximum atomic E-state index is 6.28. The average Bonchev–Trinajstić information content (AvgIpc) is 2.47. The van der Waals surface area contributed by atoms with Gasteiger partial charge in [0.2, 0.25) is 0 Å². The average molecular weight is 332 g/mol. The monoisotopic (exact) mass is 331 g/mol. The molecule has 6 heteroatoms. The van der Waals surface area contributed by atoms with Gasteiger partial charge in [0.05, 0.1) is 13.2 Å². The normalized spacial score (nSPS) is 18.7. The van der Waals surface area contributed by atoms with Gasteiger partial charge in [-0.25, -0.2) is 0 Å². The number of hydrogen-bond acceptors (Lipinski definition) is 4. The van der Waals surface area contributed by atoms with Crippen LogP contribution in [0.1, 0.15) is 19.4 Å². The van der Waals surface area contributed by atoms with Crippen LogP contribution < -0.4 is 11.3 Å². The molecular weight excluding hydrogens is 309 g/mol. The molecule has 1 fully saturated rings. The smallest absolute Gasteiger partial charge is 0.0594 e. The Labute approximate surface area is 136 Å². The van der Waals surface area contributed by atoms with Crippen LogP contribution in [0.2, 0.25) is 10.0 Å². The van der Waals surface area contributed by atoms with E-state index >= 15 is 0 Å². The van der Waals surface area contributed by atoms with Gasteiger partial charge in [-0.1, -0.05) is 29.3 Å². The summed E-state index contributed by atoms with van der Waals surface area (Å²) in [6, 6.07) is 5.61. The maximum Gasteiger partial charge on any atom is 0.0594 e. The molecule has 1 aliphatic rings. The lowest BCUT2D eigenvalue weighted by molar-refractivity contribution is -0.0232. The lowest BCUT2D eigenvalue weighted by Gasteiger charge is -2.45. The molecule has 0 bridgehead atoms. The second kappa shape index (κ2) is 7.27. The van der Waals surface area contributed by atoms with Crippen molar-refractivity contribution < 1.29 is 4.74 Å². The molecule has 118 valence electrons. The molecule has 1 aromatic rings. The molecule has 4 nitrogen and oxygen atoms in total. The van der Waals surface area contributed by atoms with Crippen molar-refractivity contribution in [1.29, 1.82) is 0 Å². The number of nitrogens with two attached hydrogens (primary N) is 1. The van der Waals surface area contributed by atoms with Crippen molar-refractivity contribution >= 4 is 23.2 Å². The predicted molar refractivity (Wildman–Crippen MR) is 87.7 cm³/mol. The zero-order valence-electron chi connectivity index (χ0n) is 12.5. The molecule has 1 heterocycles. The number of nitrogens with zero attached hydrogens (tertiary/aromatic N) is 1. The molecule has 1 atom stereocenters. The third-order valence-corrected chi connectivity index (χ3v) is 5.06. The third kappa shape index (κ3) is 3.89. The van der Waals surface area contributed by atoms with E-state index in [0.717, 1.165) is 31.9 Å². The van der Waals surface area contributed by atoms with Crippen LogP contribution in [0.25, 0.3) is 0 Å². The van der Waals surface area contributed by atoms with Crippen molar-refractivity contribution in [2.75, 3.05) is 26.3 Å². The van der Waals surface area contributed by atoms with Gasteiger partial charge in [-0.05, 0) is 38.0 Å². The van der Waals surface area contributed by atoms with Crippen LogP contribution in [0.4, 0.5) is 0 Å². The second-order valence-corrected chi connectivity index (χ2v) is 6.69. The summed E-state index contributed by atoms with van der Waals surface area (Å²) in [6.07, 6.45) is 0.680. The minimum Gasteiger partial charge on any atom is -0.379 e. The highest BCUT2D eigenvalue weighted by molar-refractivity contribution is 6.36. The molecule has 1 unspecified atom stereocenters. The molecule has 1 aromatic carbocycles. The Bertz CT molecular complexity index is 456. The predicted octanol–water partition coefficient (Wildman–Crippen LogP) is 2.48. The van der Waals surface area contributed by atoms with E-state index in [1.807, 2.05) is 18.2 Å². The van der Waals surface area contributed by atoms with Gasteiger partial charge < -0.3 is 4.74 Å². The van der Waals surface area contributed by atoms with Gasteiger partial charge in [0.25, 0.3) is 0 Å².